The van der Waals surface area contributed by atoms with Crippen LogP contribution in [0.1, 0.15) is 35.2 Å². The summed E-state index contributed by atoms with van der Waals surface area (Å²) in [5.41, 5.74) is 1.74. The molecule has 0 aromatic heterocycles. The van der Waals surface area contributed by atoms with Gasteiger partial charge in [0.15, 0.2) is 0 Å². The first-order chi connectivity index (χ1) is 9.11. The monoisotopic (exact) mass is 343 g/mol. The Labute approximate surface area is 128 Å². The fourth-order valence-corrected chi connectivity index (χ4v) is 3.55. The van der Waals surface area contributed by atoms with Crippen molar-refractivity contribution < 1.29 is 4.79 Å². The number of aryl methyl sites for hydroxylation is 1. The van der Waals surface area contributed by atoms with Crippen molar-refractivity contribution in [1.82, 2.24) is 4.90 Å². The van der Waals surface area contributed by atoms with E-state index in [1.54, 1.807) is 6.07 Å². The molecule has 1 aromatic rings. The van der Waals surface area contributed by atoms with Crippen LogP contribution in [0.25, 0.3) is 0 Å². The number of halogens is 2. The molecule has 1 fully saturated rings. The summed E-state index contributed by atoms with van der Waals surface area (Å²) in [7, 11) is 0. The molecule has 1 aromatic carbocycles. The molecule has 0 saturated carbocycles. The maximum absolute atomic E-state index is 12.6. The standard InChI is InChI=1S/C15H19BrClNO/c1-11-9-13(17)4-5-14(11)15(19)18-8-2-3-12(10-18)6-7-16/h4-5,9,12H,2-3,6-8,10H2,1H3. The number of carbonyl (C=O) groups excluding carboxylic acids is 1. The first-order valence-corrected chi connectivity index (χ1v) is 8.23. The second-order valence-electron chi connectivity index (χ2n) is 5.20. The summed E-state index contributed by atoms with van der Waals surface area (Å²) in [6.45, 7) is 3.70. The van der Waals surface area contributed by atoms with E-state index in [-0.39, 0.29) is 5.91 Å². The Morgan fingerprint density at radius 1 is 1.53 bits per heavy atom. The molecule has 1 saturated heterocycles. The van der Waals surface area contributed by atoms with Crippen LogP contribution in [0, 0.1) is 12.8 Å². The van der Waals surface area contributed by atoms with E-state index in [1.807, 2.05) is 24.0 Å². The van der Waals surface area contributed by atoms with Crippen LogP contribution in [0.15, 0.2) is 18.2 Å². The van der Waals surface area contributed by atoms with Crippen molar-refractivity contribution in [1.29, 1.82) is 0 Å². The molecule has 0 radical (unpaired) electrons. The first-order valence-electron chi connectivity index (χ1n) is 6.73. The molecule has 2 nitrogen and oxygen atoms in total. The fourth-order valence-electron chi connectivity index (χ4n) is 2.68. The minimum absolute atomic E-state index is 0.147. The highest BCUT2D eigenvalue weighted by molar-refractivity contribution is 9.09. The molecule has 0 aliphatic carbocycles. The van der Waals surface area contributed by atoms with Crippen LogP contribution < -0.4 is 0 Å². The molecule has 1 unspecified atom stereocenters. The number of carbonyl (C=O) groups is 1. The van der Waals surface area contributed by atoms with Gasteiger partial charge in [-0.2, -0.15) is 0 Å². The third-order valence-corrected chi connectivity index (χ3v) is 4.44. The highest BCUT2D eigenvalue weighted by atomic mass is 79.9. The summed E-state index contributed by atoms with van der Waals surface area (Å²) in [5, 5.41) is 1.70. The van der Waals surface area contributed by atoms with E-state index < -0.39 is 0 Å². The van der Waals surface area contributed by atoms with Crippen LogP contribution in [-0.2, 0) is 0 Å². The molecule has 0 spiro atoms. The summed E-state index contributed by atoms with van der Waals surface area (Å²) in [4.78, 5) is 14.5. The summed E-state index contributed by atoms with van der Waals surface area (Å²) in [6.07, 6.45) is 3.48. The van der Waals surface area contributed by atoms with Gasteiger partial charge in [-0.1, -0.05) is 27.5 Å². The van der Waals surface area contributed by atoms with Crippen molar-refractivity contribution in [2.45, 2.75) is 26.2 Å². The van der Waals surface area contributed by atoms with E-state index in [2.05, 4.69) is 15.9 Å². The lowest BCUT2D eigenvalue weighted by atomic mass is 9.95. The van der Waals surface area contributed by atoms with Gasteiger partial charge in [0.1, 0.15) is 0 Å². The van der Waals surface area contributed by atoms with Gasteiger partial charge < -0.3 is 4.90 Å². The molecule has 0 N–H and O–H groups in total. The molecule has 1 aliphatic heterocycles. The molecular weight excluding hydrogens is 326 g/mol. The number of hydrogen-bond donors (Lipinski definition) is 0. The molecule has 1 aliphatic rings. The Bertz CT molecular complexity index is 461. The van der Waals surface area contributed by atoms with Gasteiger partial charge >= 0.3 is 0 Å². The van der Waals surface area contributed by atoms with Crippen LogP contribution in [0.2, 0.25) is 5.02 Å². The summed E-state index contributed by atoms with van der Waals surface area (Å²) < 4.78 is 0. The zero-order chi connectivity index (χ0) is 13.8. The smallest absolute Gasteiger partial charge is 0.254 e. The molecule has 4 heteroatoms. The molecular formula is C15H19BrClNO. The van der Waals surface area contributed by atoms with Crippen LogP contribution in [0.4, 0.5) is 0 Å². The number of likely N-dealkylation sites (tertiary alicyclic amines) is 1. The number of rotatable bonds is 3. The summed E-state index contributed by atoms with van der Waals surface area (Å²) >= 11 is 9.43. The lowest BCUT2D eigenvalue weighted by molar-refractivity contribution is 0.0671. The predicted molar refractivity (Wildman–Crippen MR) is 83.2 cm³/mol. The molecule has 19 heavy (non-hydrogen) atoms. The maximum Gasteiger partial charge on any atom is 0.254 e. The van der Waals surface area contributed by atoms with E-state index in [0.29, 0.717) is 10.9 Å². The van der Waals surface area contributed by atoms with Crippen molar-refractivity contribution in [3.8, 4) is 0 Å². The number of hydrogen-bond acceptors (Lipinski definition) is 1. The Morgan fingerprint density at radius 2 is 2.32 bits per heavy atom. The highest BCUT2D eigenvalue weighted by Crippen LogP contribution is 2.23. The zero-order valence-corrected chi connectivity index (χ0v) is 13.5. The molecule has 1 atom stereocenters. The predicted octanol–water partition coefficient (Wildman–Crippen LogP) is 4.29. The van der Waals surface area contributed by atoms with Crippen LogP contribution in [-0.4, -0.2) is 29.2 Å². The van der Waals surface area contributed by atoms with E-state index >= 15 is 0 Å². The molecule has 2 rings (SSSR count). The van der Waals surface area contributed by atoms with E-state index in [1.165, 1.54) is 6.42 Å². The maximum atomic E-state index is 12.6. The third kappa shape index (κ3) is 3.73. The topological polar surface area (TPSA) is 20.3 Å². The van der Waals surface area contributed by atoms with Gasteiger partial charge in [0.2, 0.25) is 0 Å². The lowest BCUT2D eigenvalue weighted by Crippen LogP contribution is -2.40. The normalized spacial score (nSPS) is 19.5. The first kappa shape index (κ1) is 14.9. The van der Waals surface area contributed by atoms with Gasteiger partial charge in [-0.3, -0.25) is 4.79 Å². The van der Waals surface area contributed by atoms with Crippen molar-refractivity contribution in [3.05, 3.63) is 34.3 Å². The minimum atomic E-state index is 0.147. The number of amides is 1. The number of nitrogens with zero attached hydrogens (tertiary/aromatic N) is 1. The second-order valence-corrected chi connectivity index (χ2v) is 6.43. The van der Waals surface area contributed by atoms with Crippen molar-refractivity contribution in [2.24, 2.45) is 5.92 Å². The van der Waals surface area contributed by atoms with Crippen LogP contribution in [0.5, 0.6) is 0 Å². The Hall–Kier alpha value is -0.540. The average molecular weight is 345 g/mol. The number of piperidine rings is 1. The van der Waals surface area contributed by atoms with E-state index in [0.717, 1.165) is 42.4 Å². The Balaban J connectivity index is 2.10. The van der Waals surface area contributed by atoms with Gasteiger partial charge in [0.05, 0.1) is 0 Å². The molecule has 104 valence electrons. The van der Waals surface area contributed by atoms with Crippen molar-refractivity contribution in [2.75, 3.05) is 18.4 Å². The van der Waals surface area contributed by atoms with Gasteiger partial charge in [-0.15, -0.1) is 0 Å². The second kappa shape index (κ2) is 6.76. The number of benzene rings is 1. The van der Waals surface area contributed by atoms with Gasteiger partial charge in [-0.25, -0.2) is 0 Å². The largest absolute Gasteiger partial charge is 0.338 e. The molecule has 1 amide bonds. The van der Waals surface area contributed by atoms with E-state index in [4.69, 9.17) is 11.6 Å². The van der Waals surface area contributed by atoms with E-state index in [9.17, 15) is 4.79 Å². The van der Waals surface area contributed by atoms with Crippen LogP contribution >= 0.6 is 27.5 Å². The van der Waals surface area contributed by atoms with Crippen LogP contribution in [0.3, 0.4) is 0 Å². The van der Waals surface area contributed by atoms with Gasteiger partial charge in [0.25, 0.3) is 5.91 Å². The summed E-state index contributed by atoms with van der Waals surface area (Å²) in [5.74, 6) is 0.776. The summed E-state index contributed by atoms with van der Waals surface area (Å²) in [6, 6.07) is 5.49. The number of alkyl halides is 1. The third-order valence-electron chi connectivity index (χ3n) is 3.74. The molecule has 0 bridgehead atoms. The Kier molecular flexibility index (Phi) is 5.28. The lowest BCUT2D eigenvalue weighted by Gasteiger charge is -2.33. The highest BCUT2D eigenvalue weighted by Gasteiger charge is 2.24. The van der Waals surface area contributed by atoms with Crippen molar-refractivity contribution >= 4 is 33.4 Å². The fraction of sp³-hybridized carbons (Fsp3) is 0.533. The van der Waals surface area contributed by atoms with Crippen molar-refractivity contribution in [3.63, 3.8) is 0 Å². The quantitative estimate of drug-likeness (QED) is 0.749. The van der Waals surface area contributed by atoms with Gasteiger partial charge in [-0.05, 0) is 55.9 Å². The minimum Gasteiger partial charge on any atom is -0.338 e. The Morgan fingerprint density at radius 3 is 3.00 bits per heavy atom. The average Bonchev–Trinajstić information content (AvgIpc) is 2.39. The SMILES string of the molecule is Cc1cc(Cl)ccc1C(=O)N1CCCC(CCBr)C1. The van der Waals surface area contributed by atoms with Gasteiger partial charge in [0, 0.05) is 29.0 Å². The molecule has 1 heterocycles. The zero-order valence-electron chi connectivity index (χ0n) is 11.2.